The van der Waals surface area contributed by atoms with Gasteiger partial charge in [-0.2, -0.15) is 5.10 Å². The molecule has 0 aliphatic rings. The smallest absolute Gasteiger partial charge is 0.271 e. The van der Waals surface area contributed by atoms with Gasteiger partial charge in [-0.05, 0) is 36.4 Å². The van der Waals surface area contributed by atoms with Gasteiger partial charge in [-0.3, -0.25) is 9.78 Å². The van der Waals surface area contributed by atoms with E-state index in [0.717, 1.165) is 0 Å². The molecule has 0 spiro atoms. The lowest BCUT2D eigenvalue weighted by Gasteiger charge is -2.02. The van der Waals surface area contributed by atoms with E-state index in [1.807, 2.05) is 0 Å². The van der Waals surface area contributed by atoms with Gasteiger partial charge in [0.2, 0.25) is 0 Å². The Hall–Kier alpha value is -2.76. The molecule has 2 rings (SSSR count). The predicted octanol–water partition coefficient (Wildman–Crippen LogP) is 1.27. The van der Waals surface area contributed by atoms with Gasteiger partial charge in [-0.25, -0.2) is 9.82 Å². The van der Waals surface area contributed by atoms with Gasteiger partial charge in [-0.1, -0.05) is 0 Å². The molecule has 2 aromatic rings. The largest absolute Gasteiger partial charge is 0.382 e. The van der Waals surface area contributed by atoms with Gasteiger partial charge in [-0.15, -0.1) is 0 Å². The van der Waals surface area contributed by atoms with Gasteiger partial charge < -0.3 is 5.73 Å². The minimum Gasteiger partial charge on any atom is -0.382 e. The number of nitrogens with two attached hydrogens (primary N) is 1. The zero-order valence-corrected chi connectivity index (χ0v) is 9.88. The van der Waals surface area contributed by atoms with Gasteiger partial charge in [0.15, 0.2) is 5.84 Å². The molecule has 1 heterocycles. The first-order chi connectivity index (χ1) is 9.16. The average molecular weight is 258 g/mol. The Balaban J connectivity index is 2.06. The zero-order chi connectivity index (χ0) is 13.7. The average Bonchev–Trinajstić information content (AvgIpc) is 2.46. The molecular formula is C13H11FN4O. The number of rotatable bonds is 3. The van der Waals surface area contributed by atoms with E-state index in [0.29, 0.717) is 11.1 Å². The van der Waals surface area contributed by atoms with Crippen molar-refractivity contribution in [1.29, 1.82) is 0 Å². The lowest BCUT2D eigenvalue weighted by atomic mass is 10.2. The lowest BCUT2D eigenvalue weighted by Crippen LogP contribution is -2.24. The third-order valence-corrected chi connectivity index (χ3v) is 2.34. The van der Waals surface area contributed by atoms with Crippen molar-refractivity contribution in [2.45, 2.75) is 0 Å². The molecule has 0 fully saturated rings. The fourth-order valence-electron chi connectivity index (χ4n) is 1.36. The van der Waals surface area contributed by atoms with E-state index in [1.54, 1.807) is 18.3 Å². The Morgan fingerprint density at radius 1 is 1.21 bits per heavy atom. The quantitative estimate of drug-likeness (QED) is 0.494. The van der Waals surface area contributed by atoms with Crippen LogP contribution in [0.15, 0.2) is 53.9 Å². The van der Waals surface area contributed by atoms with Crippen LogP contribution in [-0.2, 0) is 0 Å². The molecule has 3 N–H and O–H groups in total. The summed E-state index contributed by atoms with van der Waals surface area (Å²) in [5.41, 5.74) is 8.87. The number of hydrogen-bond acceptors (Lipinski definition) is 3. The minimum atomic E-state index is -0.466. The van der Waals surface area contributed by atoms with Gasteiger partial charge in [0.25, 0.3) is 5.91 Å². The Labute approximate surface area is 109 Å². The van der Waals surface area contributed by atoms with Crippen LogP contribution >= 0.6 is 0 Å². The second-order valence-electron chi connectivity index (χ2n) is 3.69. The Morgan fingerprint density at radius 3 is 2.58 bits per heavy atom. The molecule has 1 amide bonds. The highest BCUT2D eigenvalue weighted by Gasteiger charge is 2.05. The summed E-state index contributed by atoms with van der Waals surface area (Å²) in [4.78, 5) is 15.6. The van der Waals surface area contributed by atoms with Crippen molar-refractivity contribution in [3.8, 4) is 0 Å². The summed E-state index contributed by atoms with van der Waals surface area (Å²) >= 11 is 0. The van der Waals surface area contributed by atoms with Crippen LogP contribution in [0.2, 0.25) is 0 Å². The Morgan fingerprint density at radius 2 is 1.95 bits per heavy atom. The number of pyridine rings is 1. The number of halogens is 1. The maximum atomic E-state index is 12.7. The van der Waals surface area contributed by atoms with Gasteiger partial charge in [0.1, 0.15) is 5.82 Å². The number of aromatic nitrogens is 1. The van der Waals surface area contributed by atoms with Gasteiger partial charge >= 0.3 is 0 Å². The van der Waals surface area contributed by atoms with Crippen LogP contribution in [0.5, 0.6) is 0 Å². The van der Waals surface area contributed by atoms with Crippen LogP contribution in [0.4, 0.5) is 4.39 Å². The number of carbonyl (C=O) groups excluding carboxylic acids is 1. The Bertz CT molecular complexity index is 596. The SMILES string of the molecule is N/C(=N\NC(=O)c1ccc(F)cc1)c1cccnc1. The van der Waals surface area contributed by atoms with Crippen LogP contribution in [0, 0.1) is 5.82 Å². The van der Waals surface area contributed by atoms with Crippen LogP contribution in [-0.4, -0.2) is 16.7 Å². The number of nitrogens with one attached hydrogen (secondary N) is 1. The van der Waals surface area contributed by atoms with Crippen molar-refractivity contribution in [1.82, 2.24) is 10.4 Å². The van der Waals surface area contributed by atoms with Crippen LogP contribution in [0.25, 0.3) is 0 Å². The maximum absolute atomic E-state index is 12.7. The molecular weight excluding hydrogens is 247 g/mol. The summed E-state index contributed by atoms with van der Waals surface area (Å²) in [6.45, 7) is 0. The first-order valence-corrected chi connectivity index (χ1v) is 5.46. The molecule has 0 saturated carbocycles. The number of hydrazone groups is 1. The molecule has 1 aromatic heterocycles. The molecule has 0 saturated heterocycles. The molecule has 0 atom stereocenters. The van der Waals surface area contributed by atoms with Gasteiger partial charge in [0, 0.05) is 23.5 Å². The Kier molecular flexibility index (Phi) is 3.82. The number of amidine groups is 1. The summed E-state index contributed by atoms with van der Waals surface area (Å²) in [5, 5.41) is 3.75. The molecule has 19 heavy (non-hydrogen) atoms. The highest BCUT2D eigenvalue weighted by Crippen LogP contribution is 2.02. The number of carbonyl (C=O) groups is 1. The summed E-state index contributed by atoms with van der Waals surface area (Å²) in [5.74, 6) is -0.731. The number of amides is 1. The molecule has 0 aliphatic heterocycles. The van der Waals surface area contributed by atoms with Crippen molar-refractivity contribution in [2.24, 2.45) is 10.8 Å². The van der Waals surface area contributed by atoms with E-state index in [1.165, 1.54) is 30.5 Å². The summed E-state index contributed by atoms with van der Waals surface area (Å²) in [7, 11) is 0. The molecule has 1 aromatic carbocycles. The second kappa shape index (κ2) is 5.72. The van der Waals surface area contributed by atoms with E-state index >= 15 is 0 Å². The third kappa shape index (κ3) is 3.35. The van der Waals surface area contributed by atoms with Crippen molar-refractivity contribution >= 4 is 11.7 Å². The van der Waals surface area contributed by atoms with Gasteiger partial charge in [0.05, 0.1) is 0 Å². The second-order valence-corrected chi connectivity index (χ2v) is 3.69. The van der Waals surface area contributed by atoms with E-state index in [-0.39, 0.29) is 5.84 Å². The predicted molar refractivity (Wildman–Crippen MR) is 68.8 cm³/mol. The molecule has 6 heteroatoms. The van der Waals surface area contributed by atoms with E-state index in [4.69, 9.17) is 5.73 Å². The molecule has 0 unspecified atom stereocenters. The van der Waals surface area contributed by atoms with Crippen LogP contribution < -0.4 is 11.2 Å². The standard InChI is InChI=1S/C13H11FN4O/c14-11-5-3-9(4-6-11)13(19)18-17-12(15)10-2-1-7-16-8-10/h1-8H,(H2,15,17)(H,18,19). The number of nitrogens with zero attached hydrogens (tertiary/aromatic N) is 2. The van der Waals surface area contributed by atoms with E-state index in [2.05, 4.69) is 15.5 Å². The number of benzene rings is 1. The molecule has 0 aliphatic carbocycles. The normalized spacial score (nSPS) is 11.1. The zero-order valence-electron chi connectivity index (χ0n) is 9.88. The van der Waals surface area contributed by atoms with Crippen LogP contribution in [0.1, 0.15) is 15.9 Å². The topological polar surface area (TPSA) is 80.4 Å². The monoisotopic (exact) mass is 258 g/mol. The van der Waals surface area contributed by atoms with Crippen molar-refractivity contribution < 1.29 is 9.18 Å². The maximum Gasteiger partial charge on any atom is 0.271 e. The highest BCUT2D eigenvalue weighted by atomic mass is 19.1. The summed E-state index contributed by atoms with van der Waals surface area (Å²) in [6, 6.07) is 8.54. The minimum absolute atomic E-state index is 0.142. The van der Waals surface area contributed by atoms with Crippen molar-refractivity contribution in [3.05, 3.63) is 65.7 Å². The highest BCUT2D eigenvalue weighted by molar-refractivity contribution is 5.99. The summed E-state index contributed by atoms with van der Waals surface area (Å²) < 4.78 is 12.7. The molecule has 0 bridgehead atoms. The van der Waals surface area contributed by atoms with Crippen molar-refractivity contribution in [3.63, 3.8) is 0 Å². The van der Waals surface area contributed by atoms with Crippen LogP contribution in [0.3, 0.4) is 0 Å². The fraction of sp³-hybridized carbons (Fsp3) is 0. The van der Waals surface area contributed by atoms with E-state index < -0.39 is 11.7 Å². The molecule has 96 valence electrons. The molecule has 0 radical (unpaired) electrons. The first-order valence-electron chi connectivity index (χ1n) is 5.46. The lowest BCUT2D eigenvalue weighted by molar-refractivity contribution is 0.0955. The van der Waals surface area contributed by atoms with Crippen molar-refractivity contribution in [2.75, 3.05) is 0 Å². The fourth-order valence-corrected chi connectivity index (χ4v) is 1.36. The molecule has 5 nitrogen and oxygen atoms in total. The first kappa shape index (κ1) is 12.7. The summed E-state index contributed by atoms with van der Waals surface area (Å²) in [6.07, 6.45) is 3.14. The number of hydrogen-bond donors (Lipinski definition) is 2. The third-order valence-electron chi connectivity index (χ3n) is 2.34. The van der Waals surface area contributed by atoms with E-state index in [9.17, 15) is 9.18 Å².